The van der Waals surface area contributed by atoms with Crippen LogP contribution in [-0.2, 0) is 4.74 Å². The van der Waals surface area contributed by atoms with Crippen LogP contribution >= 0.6 is 0 Å². The molecule has 0 radical (unpaired) electrons. The van der Waals surface area contributed by atoms with Crippen LogP contribution in [0.1, 0.15) is 39.5 Å². The van der Waals surface area contributed by atoms with E-state index in [0.717, 1.165) is 58.3 Å². The molecular formula is C16H34N4O. The quantitative estimate of drug-likeness (QED) is 0.400. The molecule has 1 heterocycles. The number of ether oxygens (including phenoxy) is 1. The molecule has 1 aliphatic rings. The van der Waals surface area contributed by atoms with Gasteiger partial charge < -0.3 is 15.0 Å². The molecule has 124 valence electrons. The van der Waals surface area contributed by atoms with E-state index in [1.165, 1.54) is 25.8 Å². The SMILES string of the molecule is CCCCN(C)C(=NCCCCN1CCOCC1)NCC. The van der Waals surface area contributed by atoms with Crippen molar-refractivity contribution in [1.82, 2.24) is 15.1 Å². The molecule has 5 heteroatoms. The van der Waals surface area contributed by atoms with Crippen molar-refractivity contribution in [2.24, 2.45) is 4.99 Å². The lowest BCUT2D eigenvalue weighted by atomic mass is 10.3. The van der Waals surface area contributed by atoms with Gasteiger partial charge in [-0.3, -0.25) is 9.89 Å². The average Bonchev–Trinajstić information content (AvgIpc) is 2.52. The van der Waals surface area contributed by atoms with Gasteiger partial charge in [0.15, 0.2) is 5.96 Å². The van der Waals surface area contributed by atoms with E-state index in [-0.39, 0.29) is 0 Å². The Kier molecular flexibility index (Phi) is 10.3. The van der Waals surface area contributed by atoms with Crippen molar-refractivity contribution in [3.8, 4) is 0 Å². The van der Waals surface area contributed by atoms with Gasteiger partial charge in [0, 0.05) is 39.8 Å². The number of nitrogens with zero attached hydrogens (tertiary/aromatic N) is 3. The number of hydrogen-bond acceptors (Lipinski definition) is 3. The highest BCUT2D eigenvalue weighted by Gasteiger charge is 2.09. The Bertz CT molecular complexity index is 277. The molecule has 0 saturated carbocycles. The molecule has 0 atom stereocenters. The van der Waals surface area contributed by atoms with Crippen molar-refractivity contribution in [2.45, 2.75) is 39.5 Å². The molecule has 5 nitrogen and oxygen atoms in total. The smallest absolute Gasteiger partial charge is 0.193 e. The van der Waals surface area contributed by atoms with Crippen LogP contribution in [0.4, 0.5) is 0 Å². The minimum atomic E-state index is 0.894. The van der Waals surface area contributed by atoms with E-state index in [1.54, 1.807) is 0 Å². The van der Waals surface area contributed by atoms with Gasteiger partial charge in [-0.25, -0.2) is 0 Å². The molecule has 0 aromatic carbocycles. The van der Waals surface area contributed by atoms with Crippen LogP contribution in [0.3, 0.4) is 0 Å². The molecular weight excluding hydrogens is 264 g/mol. The number of unbranched alkanes of at least 4 members (excludes halogenated alkanes) is 2. The van der Waals surface area contributed by atoms with Crippen molar-refractivity contribution in [1.29, 1.82) is 0 Å². The van der Waals surface area contributed by atoms with Gasteiger partial charge in [0.05, 0.1) is 13.2 Å². The lowest BCUT2D eigenvalue weighted by Gasteiger charge is -2.26. The molecule has 0 bridgehead atoms. The highest BCUT2D eigenvalue weighted by molar-refractivity contribution is 5.79. The predicted octanol–water partition coefficient (Wildman–Crippen LogP) is 1.80. The molecule has 1 N–H and O–H groups in total. The Morgan fingerprint density at radius 1 is 1.19 bits per heavy atom. The van der Waals surface area contributed by atoms with E-state index in [2.05, 4.69) is 36.0 Å². The van der Waals surface area contributed by atoms with Crippen molar-refractivity contribution >= 4 is 5.96 Å². The second-order valence-corrected chi connectivity index (χ2v) is 5.67. The first-order valence-electron chi connectivity index (χ1n) is 8.57. The van der Waals surface area contributed by atoms with Crippen LogP contribution in [0.5, 0.6) is 0 Å². The van der Waals surface area contributed by atoms with Crippen molar-refractivity contribution in [2.75, 3.05) is 59.5 Å². The van der Waals surface area contributed by atoms with Gasteiger partial charge in [0.2, 0.25) is 0 Å². The predicted molar refractivity (Wildman–Crippen MR) is 90.0 cm³/mol. The fraction of sp³-hybridized carbons (Fsp3) is 0.938. The summed E-state index contributed by atoms with van der Waals surface area (Å²) in [4.78, 5) is 9.47. The molecule has 0 aliphatic carbocycles. The molecule has 21 heavy (non-hydrogen) atoms. The highest BCUT2D eigenvalue weighted by atomic mass is 16.5. The molecule has 0 spiro atoms. The zero-order valence-corrected chi connectivity index (χ0v) is 14.2. The molecule has 1 rings (SSSR count). The maximum absolute atomic E-state index is 5.37. The van der Waals surface area contributed by atoms with Crippen LogP contribution in [0, 0.1) is 0 Å². The minimum absolute atomic E-state index is 0.894. The molecule has 1 fully saturated rings. The largest absolute Gasteiger partial charge is 0.379 e. The average molecular weight is 298 g/mol. The van der Waals surface area contributed by atoms with Gasteiger partial charge in [-0.1, -0.05) is 13.3 Å². The third-order valence-corrected chi connectivity index (χ3v) is 3.79. The lowest BCUT2D eigenvalue weighted by Crippen LogP contribution is -2.39. The van der Waals surface area contributed by atoms with Crippen LogP contribution < -0.4 is 5.32 Å². The van der Waals surface area contributed by atoms with E-state index < -0.39 is 0 Å². The number of nitrogens with one attached hydrogen (secondary N) is 1. The van der Waals surface area contributed by atoms with Gasteiger partial charge >= 0.3 is 0 Å². The molecule has 0 aromatic rings. The fourth-order valence-electron chi connectivity index (χ4n) is 2.43. The van der Waals surface area contributed by atoms with Crippen LogP contribution in [-0.4, -0.2) is 75.3 Å². The Balaban J connectivity index is 2.19. The second kappa shape index (κ2) is 11.8. The summed E-state index contributed by atoms with van der Waals surface area (Å²) in [6, 6.07) is 0. The van der Waals surface area contributed by atoms with Crippen LogP contribution in [0.25, 0.3) is 0 Å². The van der Waals surface area contributed by atoms with Crippen LogP contribution in [0.15, 0.2) is 4.99 Å². The first kappa shape index (κ1) is 18.2. The first-order chi connectivity index (χ1) is 10.3. The zero-order chi connectivity index (χ0) is 15.3. The first-order valence-corrected chi connectivity index (χ1v) is 8.57. The van der Waals surface area contributed by atoms with Crippen LogP contribution in [0.2, 0.25) is 0 Å². The standard InChI is InChI=1S/C16H34N4O/c1-4-6-10-19(3)16(17-5-2)18-9-7-8-11-20-12-14-21-15-13-20/h4-15H2,1-3H3,(H,17,18). The normalized spacial score (nSPS) is 17.0. The fourth-order valence-corrected chi connectivity index (χ4v) is 2.43. The minimum Gasteiger partial charge on any atom is -0.379 e. The van der Waals surface area contributed by atoms with Crippen molar-refractivity contribution in [3.63, 3.8) is 0 Å². The molecule has 0 unspecified atom stereocenters. The maximum Gasteiger partial charge on any atom is 0.193 e. The number of aliphatic imine (C=N–C) groups is 1. The topological polar surface area (TPSA) is 40.1 Å². The van der Waals surface area contributed by atoms with E-state index in [0.29, 0.717) is 0 Å². The lowest BCUT2D eigenvalue weighted by molar-refractivity contribution is 0.0373. The highest BCUT2D eigenvalue weighted by Crippen LogP contribution is 2.01. The van der Waals surface area contributed by atoms with Crippen molar-refractivity contribution < 1.29 is 4.74 Å². The number of hydrogen-bond donors (Lipinski definition) is 1. The van der Waals surface area contributed by atoms with E-state index >= 15 is 0 Å². The van der Waals surface area contributed by atoms with Gasteiger partial charge in [-0.05, 0) is 32.7 Å². The van der Waals surface area contributed by atoms with Gasteiger partial charge in [-0.15, -0.1) is 0 Å². The number of rotatable bonds is 9. The third kappa shape index (κ3) is 8.27. The van der Waals surface area contributed by atoms with E-state index in [1.807, 2.05) is 0 Å². The van der Waals surface area contributed by atoms with Crippen molar-refractivity contribution in [3.05, 3.63) is 0 Å². The summed E-state index contributed by atoms with van der Waals surface area (Å²) < 4.78 is 5.37. The zero-order valence-electron chi connectivity index (χ0n) is 14.2. The van der Waals surface area contributed by atoms with Gasteiger partial charge in [0.1, 0.15) is 0 Å². The maximum atomic E-state index is 5.37. The summed E-state index contributed by atoms with van der Waals surface area (Å²) >= 11 is 0. The van der Waals surface area contributed by atoms with E-state index in [4.69, 9.17) is 9.73 Å². The molecule has 1 saturated heterocycles. The summed E-state index contributed by atoms with van der Waals surface area (Å²) in [5.74, 6) is 1.05. The monoisotopic (exact) mass is 298 g/mol. The van der Waals surface area contributed by atoms with Gasteiger partial charge in [0.25, 0.3) is 0 Å². The Labute approximate surface area is 130 Å². The summed E-state index contributed by atoms with van der Waals surface area (Å²) in [6.45, 7) is 12.4. The van der Waals surface area contributed by atoms with Gasteiger partial charge in [-0.2, -0.15) is 0 Å². The third-order valence-electron chi connectivity index (χ3n) is 3.79. The summed E-state index contributed by atoms with van der Waals surface area (Å²) in [7, 11) is 2.13. The summed E-state index contributed by atoms with van der Waals surface area (Å²) in [5.41, 5.74) is 0. The molecule has 1 aliphatic heterocycles. The number of morpholine rings is 1. The number of guanidine groups is 1. The Morgan fingerprint density at radius 2 is 1.95 bits per heavy atom. The summed E-state index contributed by atoms with van der Waals surface area (Å²) in [6.07, 6.45) is 4.83. The second-order valence-electron chi connectivity index (χ2n) is 5.67. The summed E-state index contributed by atoms with van der Waals surface area (Å²) in [5, 5.41) is 3.38. The Morgan fingerprint density at radius 3 is 2.62 bits per heavy atom. The Hall–Kier alpha value is -0.810. The van der Waals surface area contributed by atoms with E-state index in [9.17, 15) is 0 Å². The molecule has 0 aromatic heterocycles. The molecule has 0 amide bonds.